The molecule has 0 aromatic rings. The van der Waals surface area contributed by atoms with E-state index >= 15 is 0 Å². The molecule has 4 unspecified atom stereocenters. The molecule has 4 radical (unpaired) electrons. The van der Waals surface area contributed by atoms with E-state index in [-0.39, 0.29) is 64.2 Å². The highest BCUT2D eigenvalue weighted by Crippen LogP contribution is 2.41. The van der Waals surface area contributed by atoms with Gasteiger partial charge in [0.1, 0.15) is 28.0 Å². The van der Waals surface area contributed by atoms with Gasteiger partial charge in [-0.15, -0.1) is 64.3 Å². The predicted molar refractivity (Wildman–Crippen MR) is 275 cm³/mol. The van der Waals surface area contributed by atoms with Gasteiger partial charge in [-0.05, 0) is 117 Å². The predicted octanol–water partition coefficient (Wildman–Crippen LogP) is 6.30. The molecule has 16 atom stereocenters. The number of halogens is 4. The second-order valence-electron chi connectivity index (χ2n) is 18.6. The summed E-state index contributed by atoms with van der Waals surface area (Å²) in [5.41, 5.74) is 0. The summed E-state index contributed by atoms with van der Waals surface area (Å²) in [5.74, 6) is 0. The summed E-state index contributed by atoms with van der Waals surface area (Å²) in [6.45, 7) is 17.2. The van der Waals surface area contributed by atoms with Crippen molar-refractivity contribution in [1.29, 1.82) is 0 Å². The molecule has 4 fully saturated rings. The number of aliphatic hydroxyl groups excluding tert-OH is 4. The van der Waals surface area contributed by atoms with Crippen LogP contribution in [0.2, 0.25) is 0 Å². The van der Waals surface area contributed by atoms with Crippen molar-refractivity contribution >= 4 is 119 Å². The fraction of sp³-hybridized carbons (Fsp3) is 0.897. The average Bonchev–Trinajstić information content (AvgIpc) is 3.66. The molecule has 4 N–H and O–H groups in total. The Labute approximate surface area is 378 Å². The van der Waals surface area contributed by atoms with Gasteiger partial charge >= 0.3 is 0 Å². The van der Waals surface area contributed by atoms with E-state index in [0.29, 0.717) is 6.42 Å². The first kappa shape index (κ1) is 59.4. The Morgan fingerprint density at radius 3 is 1.16 bits per heavy atom. The van der Waals surface area contributed by atoms with Crippen LogP contribution in [0.4, 0.5) is 4.39 Å². The van der Waals surface area contributed by atoms with Crippen LogP contribution in [0.5, 0.6) is 0 Å². The zero-order valence-corrected chi connectivity index (χ0v) is 43.7. The minimum Gasteiger partial charge on any atom is -0.389 e. The maximum atomic E-state index is 13.1. The quantitative estimate of drug-likeness (QED) is 0.0781. The lowest BCUT2D eigenvalue weighted by Gasteiger charge is -2.18. The first-order chi connectivity index (χ1) is 25.2. The molecule has 57 heavy (non-hydrogen) atoms. The number of rotatable bonds is 12. The van der Waals surface area contributed by atoms with E-state index in [9.17, 15) is 24.8 Å². The summed E-state index contributed by atoms with van der Waals surface area (Å²) in [6, 6.07) is -1.36. The molecule has 4 rings (SSSR count). The molecule has 0 aliphatic carbocycles. The molecular weight excluding hydrogens is 1000 g/mol. The van der Waals surface area contributed by atoms with Gasteiger partial charge in [0.05, 0.1) is 75.1 Å². The van der Waals surface area contributed by atoms with Crippen LogP contribution in [0, 0.1) is 0 Å². The van der Waals surface area contributed by atoms with E-state index in [2.05, 4.69) is 117 Å². The summed E-state index contributed by atoms with van der Waals surface area (Å²) >= 11 is 11.6. The van der Waals surface area contributed by atoms with Crippen LogP contribution in [0.15, 0.2) is 0 Å². The van der Waals surface area contributed by atoms with E-state index < -0.39 is 64.1 Å². The summed E-state index contributed by atoms with van der Waals surface area (Å²) in [6.07, 6.45) is 19.5. The Kier molecular flexibility index (Phi) is 26.9. The molecule has 4 aliphatic heterocycles. The Morgan fingerprint density at radius 1 is 0.596 bits per heavy atom. The Morgan fingerprint density at radius 2 is 0.912 bits per heavy atom. The van der Waals surface area contributed by atoms with Crippen LogP contribution >= 0.6 is 77.7 Å². The Bertz CT molecular complexity index is 1170. The third-order valence-corrected chi connectivity index (χ3v) is 19.2. The number of aliphatic hydroxyl groups is 4. The molecule has 0 aromatic carbocycles. The number of hydrogen-bond donors (Lipinski definition) is 4. The smallest absolute Gasteiger partial charge is 0.146 e. The first-order valence-electron chi connectivity index (χ1n) is 19.4. The van der Waals surface area contributed by atoms with Gasteiger partial charge in [0.15, 0.2) is 0 Å². The highest BCUT2D eigenvalue weighted by atomic mass is 127. The standard InChI is InChI=1S/C10H20ClO2P.C10H20IO2P.C9H17BBrO2P.C9H17BFO2P.CH4/c2*1-7-9(11)10(12)8(13-7)5-6-14(2,3)4;2*1-14(2,3)5-4-6-8(12)7(11)9(10)13-6;/h2*7-10,12H,2,5-6H2,1,3-4H3;2*6-9,12H,1,4-5H2,2-3H3;1H4/t2*7-,8+,9?,10+;2*6-,7?,8-,9-;/m0011./s1. The van der Waals surface area contributed by atoms with Gasteiger partial charge in [-0.1, -0.05) is 45.9 Å². The van der Waals surface area contributed by atoms with Crippen molar-refractivity contribution in [2.24, 2.45) is 0 Å². The van der Waals surface area contributed by atoms with Crippen molar-refractivity contribution in [2.75, 3.05) is 78.0 Å². The van der Waals surface area contributed by atoms with Gasteiger partial charge in [0, 0.05) is 6.00 Å². The van der Waals surface area contributed by atoms with Crippen LogP contribution in [0.1, 0.15) is 47.0 Å². The zero-order chi connectivity index (χ0) is 43.7. The molecular formula is C39H78B2BrClFIO8P4. The molecule has 0 aromatic heterocycles. The number of ether oxygens (including phenoxy) is 4. The average molecular weight is 1080 g/mol. The van der Waals surface area contributed by atoms with E-state index in [1.807, 2.05) is 13.8 Å². The Hall–Kier alpha value is 2.44. The van der Waals surface area contributed by atoms with E-state index in [1.165, 1.54) is 0 Å². The van der Waals surface area contributed by atoms with Gasteiger partial charge in [0.2, 0.25) is 0 Å². The fourth-order valence-corrected chi connectivity index (χ4v) is 11.3. The SMILES string of the molecule is C.C=P(C)(C)CC[C@H]1O[C@@H](C)C(Cl)[C@@H]1O.C=P(C)(C)CC[C@H]1O[C@@H](C)C(I)[C@@H]1O.[B][C@@H]1O[C@H](CCP(=C)(C)C)[C@@H](O)C1Br.[B][C@@H]1O[C@H](CCP(=C)(C)C)[C@@H](O)C1F. The van der Waals surface area contributed by atoms with E-state index in [0.717, 1.165) is 43.9 Å². The maximum absolute atomic E-state index is 13.1. The molecule has 8 nitrogen and oxygen atoms in total. The topological polar surface area (TPSA) is 118 Å². The van der Waals surface area contributed by atoms with Crippen molar-refractivity contribution in [3.63, 3.8) is 0 Å². The lowest BCUT2D eigenvalue weighted by Crippen LogP contribution is -2.29. The van der Waals surface area contributed by atoms with Gasteiger partial charge < -0.3 is 39.4 Å². The summed E-state index contributed by atoms with van der Waals surface area (Å²) < 4.78 is 35.2. The van der Waals surface area contributed by atoms with Gasteiger partial charge in [-0.25, -0.2) is 4.39 Å². The highest BCUT2D eigenvalue weighted by molar-refractivity contribution is 14.1. The second-order valence-corrected chi connectivity index (χ2v) is 38.8. The molecule has 336 valence electrons. The minimum absolute atomic E-state index is 0. The van der Waals surface area contributed by atoms with Crippen molar-refractivity contribution in [3.8, 4) is 0 Å². The summed E-state index contributed by atoms with van der Waals surface area (Å²) in [7, 11) is 11.0. The largest absolute Gasteiger partial charge is 0.389 e. The molecule has 18 heteroatoms. The number of alkyl halides is 4. The number of hydrogen-bond acceptors (Lipinski definition) is 8. The Balaban J connectivity index is 0.000000729. The van der Waals surface area contributed by atoms with E-state index in [4.69, 9.17) is 46.2 Å². The monoisotopic (exact) mass is 1080 g/mol. The lowest BCUT2D eigenvalue weighted by atomic mass is 9.94. The molecule has 4 saturated heterocycles. The molecule has 0 spiro atoms. The van der Waals surface area contributed by atoms with Crippen molar-refractivity contribution in [2.45, 2.75) is 140 Å². The highest BCUT2D eigenvalue weighted by Gasteiger charge is 2.42. The van der Waals surface area contributed by atoms with Gasteiger partial charge in [-0.2, -0.15) is 0 Å². The molecule has 4 heterocycles. The molecule has 0 amide bonds. The zero-order valence-electron chi connectivity index (χ0n) is 35.6. The normalized spacial score (nSPS) is 38.2. The van der Waals surface area contributed by atoms with E-state index in [1.54, 1.807) is 0 Å². The van der Waals surface area contributed by atoms with Crippen LogP contribution < -0.4 is 0 Å². The van der Waals surface area contributed by atoms with Gasteiger partial charge in [-0.3, -0.25) is 0 Å². The molecule has 0 saturated carbocycles. The lowest BCUT2D eigenvalue weighted by molar-refractivity contribution is 0.0150. The fourth-order valence-electron chi connectivity index (χ4n) is 6.20. The first-order valence-corrected chi connectivity index (χ1v) is 34.2. The van der Waals surface area contributed by atoms with Crippen LogP contribution in [-0.2, 0) is 18.9 Å². The molecule has 0 bridgehead atoms. The van der Waals surface area contributed by atoms with Crippen molar-refractivity contribution in [3.05, 3.63) is 0 Å². The summed E-state index contributed by atoms with van der Waals surface area (Å²) in [5, 5.41) is 38.6. The van der Waals surface area contributed by atoms with Crippen molar-refractivity contribution in [1.82, 2.24) is 0 Å². The molecule has 4 aliphatic rings. The second kappa shape index (κ2) is 25.8. The third kappa shape index (κ3) is 22.8. The van der Waals surface area contributed by atoms with Crippen LogP contribution in [0.25, 0.3) is 0 Å². The minimum atomic E-state index is -1.45. The summed E-state index contributed by atoms with van der Waals surface area (Å²) in [4.78, 5) is -0.140. The van der Waals surface area contributed by atoms with Gasteiger partial charge in [0.25, 0.3) is 0 Å². The van der Waals surface area contributed by atoms with Crippen LogP contribution in [-0.4, -0.2) is 233 Å². The van der Waals surface area contributed by atoms with Crippen molar-refractivity contribution < 1.29 is 43.8 Å². The maximum Gasteiger partial charge on any atom is 0.146 e. The van der Waals surface area contributed by atoms with Crippen LogP contribution in [0.3, 0.4) is 0 Å². The third-order valence-electron chi connectivity index (χ3n) is 9.87.